The van der Waals surface area contributed by atoms with E-state index in [0.29, 0.717) is 0 Å². The summed E-state index contributed by atoms with van der Waals surface area (Å²) in [5.41, 5.74) is 8.65. The third kappa shape index (κ3) is 3.65. The number of aromatic nitrogens is 2. The van der Waals surface area contributed by atoms with Crippen molar-refractivity contribution in [3.05, 3.63) is 47.3 Å². The molecule has 0 bridgehead atoms. The average molecular weight is 345 g/mol. The Morgan fingerprint density at radius 3 is 2.79 bits per heavy atom. The van der Waals surface area contributed by atoms with Crippen LogP contribution in [0.4, 0.5) is 0 Å². The van der Waals surface area contributed by atoms with Gasteiger partial charge in [0.05, 0.1) is 18.3 Å². The summed E-state index contributed by atoms with van der Waals surface area (Å²) in [6.07, 6.45) is 2.40. The zero-order chi connectivity index (χ0) is 17.1. The lowest BCUT2D eigenvalue weighted by Crippen LogP contribution is -2.21. The number of primary amides is 1. The molecule has 24 heavy (non-hydrogen) atoms. The van der Waals surface area contributed by atoms with Crippen molar-refractivity contribution in [1.29, 1.82) is 0 Å². The standard InChI is InChI=1S/C18H23N3O2S/c1-12-13(2)21(11-15-9-6-10-23-15)18(20-12)24-16(17(19)22)14-7-4-3-5-8-14/h3-5,7-8,15-16H,6,9-11H2,1-2H3,(H2,19,22)/t15-,16-/m0/s1. The zero-order valence-corrected chi connectivity index (χ0v) is 14.9. The van der Waals surface area contributed by atoms with Crippen molar-refractivity contribution >= 4 is 17.7 Å². The third-order valence-electron chi connectivity index (χ3n) is 4.42. The highest BCUT2D eigenvalue weighted by atomic mass is 32.2. The molecule has 2 heterocycles. The molecule has 2 atom stereocenters. The van der Waals surface area contributed by atoms with Gasteiger partial charge in [0.15, 0.2) is 5.16 Å². The number of imidazole rings is 1. The van der Waals surface area contributed by atoms with Crippen molar-refractivity contribution < 1.29 is 9.53 Å². The Morgan fingerprint density at radius 2 is 2.17 bits per heavy atom. The van der Waals surface area contributed by atoms with Crippen molar-refractivity contribution in [2.45, 2.75) is 49.7 Å². The van der Waals surface area contributed by atoms with Gasteiger partial charge in [0.1, 0.15) is 5.25 Å². The quantitative estimate of drug-likeness (QED) is 0.817. The molecular weight excluding hydrogens is 322 g/mol. The molecule has 3 rings (SSSR count). The Bertz CT molecular complexity index is 709. The lowest BCUT2D eigenvalue weighted by atomic mass is 10.1. The van der Waals surface area contributed by atoms with Crippen LogP contribution in [0.3, 0.4) is 0 Å². The van der Waals surface area contributed by atoms with E-state index in [0.717, 1.165) is 48.1 Å². The summed E-state index contributed by atoms with van der Waals surface area (Å²) in [6.45, 7) is 5.65. The molecule has 0 aliphatic carbocycles. The Hall–Kier alpha value is -1.79. The number of amides is 1. The largest absolute Gasteiger partial charge is 0.376 e. The van der Waals surface area contributed by atoms with Crippen molar-refractivity contribution in [3.63, 3.8) is 0 Å². The molecule has 0 saturated carbocycles. The molecule has 1 amide bonds. The number of rotatable bonds is 6. The Kier molecular flexibility index (Phi) is 5.26. The van der Waals surface area contributed by atoms with Crippen LogP contribution >= 0.6 is 11.8 Å². The maximum absolute atomic E-state index is 12.0. The number of nitrogens with two attached hydrogens (primary N) is 1. The van der Waals surface area contributed by atoms with Crippen molar-refractivity contribution in [2.24, 2.45) is 5.73 Å². The lowest BCUT2D eigenvalue weighted by Gasteiger charge is -2.17. The number of nitrogens with zero attached hydrogens (tertiary/aromatic N) is 2. The van der Waals surface area contributed by atoms with Crippen LogP contribution in [-0.2, 0) is 16.1 Å². The third-order valence-corrected chi connectivity index (χ3v) is 5.68. The van der Waals surface area contributed by atoms with E-state index in [4.69, 9.17) is 10.5 Å². The molecule has 1 aliphatic heterocycles. The summed E-state index contributed by atoms with van der Waals surface area (Å²) in [5.74, 6) is -0.354. The summed E-state index contributed by atoms with van der Waals surface area (Å²) in [6, 6.07) is 9.62. The van der Waals surface area contributed by atoms with E-state index in [2.05, 4.69) is 16.5 Å². The molecule has 1 aromatic heterocycles. The topological polar surface area (TPSA) is 70.1 Å². The van der Waals surface area contributed by atoms with Crippen LogP contribution in [0.2, 0.25) is 0 Å². The number of thioether (sulfide) groups is 1. The second-order valence-electron chi connectivity index (χ2n) is 6.12. The van der Waals surface area contributed by atoms with Crippen LogP contribution in [0.25, 0.3) is 0 Å². The molecule has 2 aromatic rings. The summed E-state index contributed by atoms with van der Waals surface area (Å²) < 4.78 is 7.93. The van der Waals surface area contributed by atoms with E-state index >= 15 is 0 Å². The number of hydrogen-bond donors (Lipinski definition) is 1. The molecular formula is C18H23N3O2S. The zero-order valence-electron chi connectivity index (χ0n) is 14.1. The minimum atomic E-state index is -0.448. The fourth-order valence-corrected chi connectivity index (χ4v) is 4.09. The van der Waals surface area contributed by atoms with Gasteiger partial charge in [-0.25, -0.2) is 4.98 Å². The smallest absolute Gasteiger partial charge is 0.235 e. The minimum Gasteiger partial charge on any atom is -0.376 e. The Balaban J connectivity index is 1.87. The summed E-state index contributed by atoms with van der Waals surface area (Å²) in [4.78, 5) is 16.7. The minimum absolute atomic E-state index is 0.223. The van der Waals surface area contributed by atoms with Crippen molar-refractivity contribution in [2.75, 3.05) is 6.61 Å². The lowest BCUT2D eigenvalue weighted by molar-refractivity contribution is -0.117. The highest BCUT2D eigenvalue weighted by Crippen LogP contribution is 2.36. The predicted molar refractivity (Wildman–Crippen MR) is 94.9 cm³/mol. The summed E-state index contributed by atoms with van der Waals surface area (Å²) in [5, 5.41) is 0.379. The van der Waals surface area contributed by atoms with Gasteiger partial charge in [0.2, 0.25) is 5.91 Å². The van der Waals surface area contributed by atoms with Gasteiger partial charge in [-0.15, -0.1) is 0 Å². The van der Waals surface area contributed by atoms with Crippen LogP contribution in [0.5, 0.6) is 0 Å². The monoisotopic (exact) mass is 345 g/mol. The molecule has 2 N–H and O–H groups in total. The Morgan fingerprint density at radius 1 is 1.42 bits per heavy atom. The van der Waals surface area contributed by atoms with Gasteiger partial charge in [0.25, 0.3) is 0 Å². The van der Waals surface area contributed by atoms with Gasteiger partial charge in [-0.05, 0) is 32.3 Å². The van der Waals surface area contributed by atoms with E-state index in [1.165, 1.54) is 11.8 Å². The van der Waals surface area contributed by atoms with Gasteiger partial charge >= 0.3 is 0 Å². The molecule has 6 heteroatoms. The summed E-state index contributed by atoms with van der Waals surface area (Å²) in [7, 11) is 0. The van der Waals surface area contributed by atoms with Gasteiger partial charge in [-0.2, -0.15) is 0 Å². The molecule has 1 aliphatic rings. The van der Waals surface area contributed by atoms with Gasteiger partial charge in [0, 0.05) is 12.3 Å². The average Bonchev–Trinajstić information content (AvgIpc) is 3.17. The first-order chi connectivity index (χ1) is 11.6. The molecule has 0 unspecified atom stereocenters. The molecule has 1 aromatic carbocycles. The van der Waals surface area contributed by atoms with E-state index in [1.807, 2.05) is 37.3 Å². The van der Waals surface area contributed by atoms with Gasteiger partial charge in [-0.3, -0.25) is 4.79 Å². The number of ether oxygens (including phenoxy) is 1. The van der Waals surface area contributed by atoms with Crippen LogP contribution in [0.15, 0.2) is 35.5 Å². The first-order valence-corrected chi connectivity index (χ1v) is 9.10. The highest BCUT2D eigenvalue weighted by molar-refractivity contribution is 8.00. The number of aryl methyl sites for hydroxylation is 1. The van der Waals surface area contributed by atoms with Crippen LogP contribution in [0, 0.1) is 13.8 Å². The highest BCUT2D eigenvalue weighted by Gasteiger charge is 2.25. The van der Waals surface area contributed by atoms with E-state index in [9.17, 15) is 4.79 Å². The van der Waals surface area contributed by atoms with Crippen molar-refractivity contribution in [3.8, 4) is 0 Å². The molecule has 1 saturated heterocycles. The summed E-state index contributed by atoms with van der Waals surface area (Å²) >= 11 is 1.42. The van der Waals surface area contributed by atoms with Gasteiger partial charge < -0.3 is 15.0 Å². The fraction of sp³-hybridized carbons (Fsp3) is 0.444. The molecule has 0 radical (unpaired) electrons. The SMILES string of the molecule is Cc1nc(S[C@H](C(N)=O)c2ccccc2)n(C[C@@H]2CCCO2)c1C. The molecule has 128 valence electrons. The van der Waals surface area contributed by atoms with E-state index in [1.54, 1.807) is 0 Å². The van der Waals surface area contributed by atoms with Crippen LogP contribution in [0.1, 0.15) is 35.0 Å². The first-order valence-electron chi connectivity index (χ1n) is 8.22. The second kappa shape index (κ2) is 7.40. The number of benzene rings is 1. The molecule has 0 spiro atoms. The maximum Gasteiger partial charge on any atom is 0.235 e. The predicted octanol–water partition coefficient (Wildman–Crippen LogP) is 3.00. The number of carbonyl (C=O) groups is 1. The molecule has 1 fully saturated rings. The van der Waals surface area contributed by atoms with Crippen LogP contribution < -0.4 is 5.73 Å². The van der Waals surface area contributed by atoms with Crippen molar-refractivity contribution in [1.82, 2.24) is 9.55 Å². The van der Waals surface area contributed by atoms with E-state index in [-0.39, 0.29) is 12.0 Å². The molecule has 5 nitrogen and oxygen atoms in total. The fourth-order valence-electron chi connectivity index (χ4n) is 2.94. The number of carbonyl (C=O) groups excluding carboxylic acids is 1. The Labute approximate surface area is 146 Å². The number of hydrogen-bond acceptors (Lipinski definition) is 4. The first kappa shape index (κ1) is 17.0. The maximum atomic E-state index is 12.0. The normalized spacial score (nSPS) is 18.7. The second-order valence-corrected chi connectivity index (χ2v) is 7.19. The van der Waals surface area contributed by atoms with Crippen LogP contribution in [-0.4, -0.2) is 28.2 Å². The van der Waals surface area contributed by atoms with E-state index < -0.39 is 5.25 Å². The van der Waals surface area contributed by atoms with Gasteiger partial charge in [-0.1, -0.05) is 42.1 Å².